The van der Waals surface area contributed by atoms with Gasteiger partial charge in [-0.1, -0.05) is 66.3 Å². The van der Waals surface area contributed by atoms with E-state index in [-0.39, 0.29) is 20.1 Å². The fourth-order valence-corrected chi connectivity index (χ4v) is 8.39. The maximum Gasteiger partial charge on any atom is 0 e. The Hall–Kier alpha value is -3.83. The topological polar surface area (TPSA) is 38.9 Å². The van der Waals surface area contributed by atoms with E-state index in [9.17, 15) is 0 Å². The van der Waals surface area contributed by atoms with Gasteiger partial charge in [-0.3, -0.25) is 0 Å². The zero-order valence-electron chi connectivity index (χ0n) is 29.0. The van der Waals surface area contributed by atoms with Crippen molar-refractivity contribution < 1.29 is 24.5 Å². The summed E-state index contributed by atoms with van der Waals surface area (Å²) < 4.78 is 7.88. The smallest absolute Gasteiger partial charge is 0 e. The van der Waals surface area contributed by atoms with Crippen LogP contribution in [0.3, 0.4) is 0 Å². The zero-order valence-corrected chi connectivity index (χ0v) is 33.5. The average Bonchev–Trinajstić information content (AvgIpc) is 3.43. The summed E-state index contributed by atoms with van der Waals surface area (Å²) in [6, 6.07) is 38.2. The van der Waals surface area contributed by atoms with E-state index in [1.807, 2.05) is 42.7 Å². The monoisotopic (exact) mass is 869 g/mol. The molecule has 1 radical (unpaired) electrons. The number of fused-ring (bicyclic) bond motifs is 3. The van der Waals surface area contributed by atoms with Crippen molar-refractivity contribution in [2.75, 3.05) is 0 Å². The number of hydrogen-bond donors (Lipinski definition) is 0. The van der Waals surface area contributed by atoms with Gasteiger partial charge in [-0.15, -0.1) is 18.2 Å². The number of benzene rings is 4. The van der Waals surface area contributed by atoms with Gasteiger partial charge in [0.15, 0.2) is 0 Å². The molecule has 5 heteroatoms. The van der Waals surface area contributed by atoms with E-state index in [0.717, 1.165) is 44.5 Å². The maximum absolute atomic E-state index is 6.43. The van der Waals surface area contributed by atoms with Crippen molar-refractivity contribution in [1.29, 1.82) is 0 Å². The number of nitrogens with zero attached hydrogens (tertiary/aromatic N) is 2. The van der Waals surface area contributed by atoms with E-state index in [4.69, 9.17) is 4.42 Å². The first kappa shape index (κ1) is 35.5. The molecule has 0 spiro atoms. The standard InChI is InChI=1S/C29H26NO.C14H16GeN.Ir/c1-17(2)21-11-12-30-26(15-21)25-8-6-7-24-23-10-9-22(16-27(23)31-29(24)25)28-19(4)13-18(3)14-20(28)5;1-15(2,3)13-9-10-14(16-11-13)12-7-5-4-6-8-12;/h6-7,9-17H,1-5H3;4-7,9-11H,1-3H3;/q2*-1;. The Morgan fingerprint density at radius 2 is 1.50 bits per heavy atom. The van der Waals surface area contributed by atoms with Crippen LogP contribution in [0.15, 0.2) is 108 Å². The Balaban J connectivity index is 0.000000224. The molecule has 0 fully saturated rings. The Bertz CT molecular complexity index is 2160. The third kappa shape index (κ3) is 7.57. The normalized spacial score (nSPS) is 11.4. The van der Waals surface area contributed by atoms with Gasteiger partial charge in [-0.05, 0) is 66.8 Å². The molecule has 0 aliphatic heterocycles. The SMILES string of the molecule is Cc1cc(C)c(-c2ccc3c(c2)oc2c(-c4cc(C(C)C)ccn4)[c-]ccc23)c(C)c1.[CH3][Ge]([CH3])([CH3])[c]1ccc(-c2[c-]cccc2)nc1.[Ir]. The van der Waals surface area contributed by atoms with Crippen LogP contribution in [-0.2, 0) is 20.1 Å². The minimum absolute atomic E-state index is 0. The molecule has 0 saturated carbocycles. The molecule has 3 nitrogen and oxygen atoms in total. The van der Waals surface area contributed by atoms with E-state index < -0.39 is 13.3 Å². The Morgan fingerprint density at radius 3 is 2.15 bits per heavy atom. The summed E-state index contributed by atoms with van der Waals surface area (Å²) in [5.74, 6) is 7.59. The van der Waals surface area contributed by atoms with Crippen LogP contribution < -0.4 is 4.40 Å². The molecular weight excluding hydrogens is 825 g/mol. The molecule has 7 aromatic rings. The third-order valence-electron chi connectivity index (χ3n) is 8.72. The summed E-state index contributed by atoms with van der Waals surface area (Å²) in [7, 11) is 0. The molecule has 0 N–H and O–H groups in total. The molecule has 0 amide bonds. The van der Waals surface area contributed by atoms with Crippen molar-refractivity contribution >= 4 is 39.6 Å². The Labute approximate surface area is 301 Å². The van der Waals surface area contributed by atoms with Gasteiger partial charge in [0, 0.05) is 31.7 Å². The second-order valence-corrected chi connectivity index (χ2v) is 24.4. The number of aromatic nitrogens is 2. The number of pyridine rings is 2. The molecule has 7 rings (SSSR count). The summed E-state index contributed by atoms with van der Waals surface area (Å²) in [6.45, 7) is 10.9. The van der Waals surface area contributed by atoms with Crippen LogP contribution in [0.25, 0.3) is 55.6 Å². The maximum atomic E-state index is 6.43. The van der Waals surface area contributed by atoms with E-state index in [1.165, 1.54) is 37.8 Å². The van der Waals surface area contributed by atoms with Gasteiger partial charge >= 0.3 is 99.8 Å². The van der Waals surface area contributed by atoms with Gasteiger partial charge in [0.1, 0.15) is 5.58 Å². The van der Waals surface area contributed by atoms with E-state index in [2.05, 4.69) is 135 Å². The van der Waals surface area contributed by atoms with Crippen molar-refractivity contribution in [3.8, 4) is 33.6 Å². The van der Waals surface area contributed by atoms with Crippen molar-refractivity contribution in [1.82, 2.24) is 9.97 Å². The van der Waals surface area contributed by atoms with Gasteiger partial charge in [-0.25, -0.2) is 0 Å². The summed E-state index contributed by atoms with van der Waals surface area (Å²) in [6.07, 6.45) is 3.91. The van der Waals surface area contributed by atoms with Gasteiger partial charge in [0.2, 0.25) is 0 Å². The predicted molar refractivity (Wildman–Crippen MR) is 201 cm³/mol. The fraction of sp³-hybridized carbons (Fsp3) is 0.209. The number of rotatable bonds is 5. The van der Waals surface area contributed by atoms with Gasteiger partial charge in [0.25, 0.3) is 0 Å². The molecule has 4 aromatic carbocycles. The molecule has 0 aliphatic carbocycles. The molecule has 48 heavy (non-hydrogen) atoms. The van der Waals surface area contributed by atoms with Crippen LogP contribution in [0.2, 0.25) is 17.3 Å². The second kappa shape index (κ2) is 14.7. The molecule has 3 aromatic heterocycles. The second-order valence-electron chi connectivity index (χ2n) is 13.8. The van der Waals surface area contributed by atoms with Crippen LogP contribution in [-0.4, -0.2) is 23.2 Å². The minimum Gasteiger partial charge on any atom is 0 e. The molecule has 0 aliphatic rings. The van der Waals surface area contributed by atoms with E-state index in [0.29, 0.717) is 5.92 Å². The van der Waals surface area contributed by atoms with Crippen LogP contribution in [0.1, 0.15) is 42.0 Å². The van der Waals surface area contributed by atoms with Crippen molar-refractivity contribution in [3.63, 3.8) is 0 Å². The molecule has 0 atom stereocenters. The fourth-order valence-electron chi connectivity index (χ4n) is 6.21. The van der Waals surface area contributed by atoms with Crippen molar-refractivity contribution in [2.45, 2.75) is 57.8 Å². The van der Waals surface area contributed by atoms with Crippen molar-refractivity contribution in [2.24, 2.45) is 0 Å². The van der Waals surface area contributed by atoms with E-state index >= 15 is 0 Å². The molecule has 0 unspecified atom stereocenters. The van der Waals surface area contributed by atoms with Crippen molar-refractivity contribution in [3.05, 3.63) is 138 Å². The quantitative estimate of drug-likeness (QED) is 0.128. The Kier molecular flexibility index (Phi) is 10.9. The Morgan fingerprint density at radius 1 is 0.729 bits per heavy atom. The summed E-state index contributed by atoms with van der Waals surface area (Å²) in [5.41, 5.74) is 13.2. The molecule has 245 valence electrons. The minimum atomic E-state index is -1.72. The molecular formula is C43H42GeIrN2O-2. The largest absolute Gasteiger partial charge is 0 e. The van der Waals surface area contributed by atoms with E-state index in [1.54, 1.807) is 0 Å². The summed E-state index contributed by atoms with van der Waals surface area (Å²) in [5, 5.41) is 2.22. The van der Waals surface area contributed by atoms with Crippen LogP contribution in [0.5, 0.6) is 0 Å². The first-order chi connectivity index (χ1) is 22.5. The summed E-state index contributed by atoms with van der Waals surface area (Å²) >= 11 is -1.72. The number of hydrogen-bond acceptors (Lipinski definition) is 3. The third-order valence-corrected chi connectivity index (χ3v) is 13.0. The van der Waals surface area contributed by atoms with Gasteiger partial charge in [-0.2, -0.15) is 0 Å². The number of furan rings is 1. The first-order valence-corrected chi connectivity index (χ1v) is 23.7. The predicted octanol–water partition coefficient (Wildman–Crippen LogP) is 11.3. The van der Waals surface area contributed by atoms with Crippen LogP contribution in [0, 0.1) is 32.9 Å². The molecule has 0 saturated heterocycles. The first-order valence-electron chi connectivity index (χ1n) is 16.3. The van der Waals surface area contributed by atoms with Gasteiger partial charge < -0.3 is 9.40 Å². The van der Waals surface area contributed by atoms with Crippen LogP contribution >= 0.6 is 0 Å². The molecule has 0 bridgehead atoms. The summed E-state index contributed by atoms with van der Waals surface area (Å²) in [4.78, 5) is 9.15. The van der Waals surface area contributed by atoms with Gasteiger partial charge in [0.05, 0.1) is 5.58 Å². The molecule has 3 heterocycles. The zero-order chi connectivity index (χ0) is 33.3. The average molecular weight is 868 g/mol. The van der Waals surface area contributed by atoms with Crippen LogP contribution in [0.4, 0.5) is 0 Å². The number of aryl methyl sites for hydroxylation is 3.